The van der Waals surface area contributed by atoms with E-state index in [1.807, 2.05) is 24.3 Å². The summed E-state index contributed by atoms with van der Waals surface area (Å²) in [5.74, 6) is -0.358. The molecular weight excluding hydrogens is 334 g/mol. The lowest BCUT2D eigenvalue weighted by Gasteiger charge is -2.09. The number of anilines is 1. The zero-order valence-electron chi connectivity index (χ0n) is 14.8. The fourth-order valence-corrected chi connectivity index (χ4v) is 2.34. The van der Waals surface area contributed by atoms with E-state index in [-0.39, 0.29) is 12.2 Å². The summed E-state index contributed by atoms with van der Waals surface area (Å²) < 4.78 is 10.1. The van der Waals surface area contributed by atoms with Gasteiger partial charge in [-0.3, -0.25) is 14.4 Å². The third-order valence-corrected chi connectivity index (χ3v) is 3.72. The standard InChI is InChI=1S/C20H21NO5/c1-14(22)17-5-3-4-6-18(17)21-19(23)13-26-20(24)12-9-15-7-10-16(25-2)11-8-15/h3-8,10-11H,9,12-13H2,1-2H3,(H,21,23). The number of aryl methyl sites for hydroxylation is 1. The van der Waals surface area contributed by atoms with Gasteiger partial charge >= 0.3 is 5.97 Å². The number of Topliss-reactive ketones (excluding diaryl/α,β-unsaturated/α-hetero) is 1. The van der Waals surface area contributed by atoms with E-state index < -0.39 is 18.5 Å². The number of para-hydroxylation sites is 1. The summed E-state index contributed by atoms with van der Waals surface area (Å²) in [4.78, 5) is 35.2. The lowest BCUT2D eigenvalue weighted by atomic mass is 10.1. The first-order valence-electron chi connectivity index (χ1n) is 8.18. The van der Waals surface area contributed by atoms with Gasteiger partial charge in [-0.15, -0.1) is 0 Å². The van der Waals surface area contributed by atoms with E-state index in [1.165, 1.54) is 6.92 Å². The number of esters is 1. The van der Waals surface area contributed by atoms with Gasteiger partial charge in [0.15, 0.2) is 12.4 Å². The molecule has 0 aliphatic rings. The first-order chi connectivity index (χ1) is 12.5. The van der Waals surface area contributed by atoms with Crippen molar-refractivity contribution >= 4 is 23.3 Å². The van der Waals surface area contributed by atoms with Crippen LogP contribution in [-0.2, 0) is 20.7 Å². The van der Waals surface area contributed by atoms with Crippen molar-refractivity contribution in [1.82, 2.24) is 0 Å². The predicted molar refractivity (Wildman–Crippen MR) is 97.4 cm³/mol. The number of benzene rings is 2. The second-order valence-corrected chi connectivity index (χ2v) is 5.66. The van der Waals surface area contributed by atoms with Crippen LogP contribution in [0.3, 0.4) is 0 Å². The van der Waals surface area contributed by atoms with Gasteiger partial charge in [-0.25, -0.2) is 0 Å². The third-order valence-electron chi connectivity index (χ3n) is 3.72. The van der Waals surface area contributed by atoms with E-state index in [2.05, 4.69) is 5.32 Å². The highest BCUT2D eigenvalue weighted by molar-refractivity contribution is 6.04. The third kappa shape index (κ3) is 5.73. The molecule has 2 aromatic carbocycles. The number of rotatable bonds is 8. The molecule has 6 nitrogen and oxygen atoms in total. The number of amides is 1. The fraction of sp³-hybridized carbons (Fsp3) is 0.250. The number of hydrogen-bond donors (Lipinski definition) is 1. The summed E-state index contributed by atoms with van der Waals surface area (Å²) in [6.07, 6.45) is 0.682. The molecule has 0 unspecified atom stereocenters. The number of carbonyl (C=O) groups excluding carboxylic acids is 3. The molecule has 136 valence electrons. The van der Waals surface area contributed by atoms with Gasteiger partial charge in [-0.2, -0.15) is 0 Å². The SMILES string of the molecule is COc1ccc(CCC(=O)OCC(=O)Nc2ccccc2C(C)=O)cc1. The highest BCUT2D eigenvalue weighted by atomic mass is 16.5. The molecule has 1 N–H and O–H groups in total. The Morgan fingerprint density at radius 1 is 1.00 bits per heavy atom. The van der Waals surface area contributed by atoms with Crippen LogP contribution in [0.15, 0.2) is 48.5 Å². The van der Waals surface area contributed by atoms with Gasteiger partial charge < -0.3 is 14.8 Å². The van der Waals surface area contributed by atoms with Crippen molar-refractivity contribution in [3.8, 4) is 5.75 Å². The van der Waals surface area contributed by atoms with E-state index in [0.717, 1.165) is 11.3 Å². The minimum Gasteiger partial charge on any atom is -0.497 e. The molecule has 2 rings (SSSR count). The minimum atomic E-state index is -0.489. The molecule has 0 spiro atoms. The van der Waals surface area contributed by atoms with Gasteiger partial charge in [-0.05, 0) is 43.2 Å². The molecule has 0 bridgehead atoms. The van der Waals surface area contributed by atoms with Crippen molar-refractivity contribution in [2.75, 3.05) is 19.0 Å². The van der Waals surface area contributed by atoms with Crippen molar-refractivity contribution in [3.05, 3.63) is 59.7 Å². The molecule has 6 heteroatoms. The lowest BCUT2D eigenvalue weighted by Crippen LogP contribution is -2.22. The van der Waals surface area contributed by atoms with E-state index in [9.17, 15) is 14.4 Å². The van der Waals surface area contributed by atoms with Crippen molar-refractivity contribution in [2.45, 2.75) is 19.8 Å². The normalized spacial score (nSPS) is 10.1. The van der Waals surface area contributed by atoms with Crippen LogP contribution in [0.2, 0.25) is 0 Å². The number of ketones is 1. The maximum Gasteiger partial charge on any atom is 0.306 e. The maximum atomic E-state index is 11.9. The summed E-state index contributed by atoms with van der Waals surface area (Å²) in [5, 5.41) is 2.58. The molecule has 0 saturated carbocycles. The summed E-state index contributed by atoms with van der Waals surface area (Å²) in [6, 6.07) is 14.1. The Bertz CT molecular complexity index is 783. The molecule has 0 atom stereocenters. The quantitative estimate of drug-likeness (QED) is 0.581. The van der Waals surface area contributed by atoms with E-state index in [0.29, 0.717) is 17.7 Å². The van der Waals surface area contributed by atoms with Gasteiger partial charge in [0.1, 0.15) is 5.75 Å². The highest BCUT2D eigenvalue weighted by Crippen LogP contribution is 2.15. The fourth-order valence-electron chi connectivity index (χ4n) is 2.34. The van der Waals surface area contributed by atoms with Crippen LogP contribution < -0.4 is 10.1 Å². The van der Waals surface area contributed by atoms with Crippen LogP contribution >= 0.6 is 0 Å². The van der Waals surface area contributed by atoms with E-state index in [1.54, 1.807) is 31.4 Å². The molecule has 1 amide bonds. The Labute approximate surface area is 152 Å². The Hall–Kier alpha value is -3.15. The average Bonchev–Trinajstić information content (AvgIpc) is 2.65. The summed E-state index contributed by atoms with van der Waals surface area (Å²) in [5.41, 5.74) is 1.79. The van der Waals surface area contributed by atoms with Gasteiger partial charge in [0.2, 0.25) is 0 Å². The topological polar surface area (TPSA) is 81.7 Å². The van der Waals surface area contributed by atoms with Gasteiger partial charge in [-0.1, -0.05) is 24.3 Å². The van der Waals surface area contributed by atoms with Gasteiger partial charge in [0.05, 0.1) is 12.8 Å². The molecule has 2 aromatic rings. The molecule has 0 radical (unpaired) electrons. The largest absolute Gasteiger partial charge is 0.497 e. The van der Waals surface area contributed by atoms with Gasteiger partial charge in [0.25, 0.3) is 5.91 Å². The highest BCUT2D eigenvalue weighted by Gasteiger charge is 2.12. The van der Waals surface area contributed by atoms with Crippen molar-refractivity contribution in [3.63, 3.8) is 0 Å². The Morgan fingerprint density at radius 2 is 1.69 bits per heavy atom. The average molecular weight is 355 g/mol. The van der Waals surface area contributed by atoms with Crippen LogP contribution in [0.4, 0.5) is 5.69 Å². The molecule has 0 heterocycles. The zero-order chi connectivity index (χ0) is 18.9. The molecule has 0 aromatic heterocycles. The molecule has 0 aliphatic carbocycles. The second kappa shape index (κ2) is 9.36. The summed E-state index contributed by atoms with van der Waals surface area (Å²) in [7, 11) is 1.59. The molecular formula is C20H21NO5. The van der Waals surface area contributed by atoms with Crippen LogP contribution in [0.25, 0.3) is 0 Å². The second-order valence-electron chi connectivity index (χ2n) is 5.66. The van der Waals surface area contributed by atoms with Crippen molar-refractivity contribution in [1.29, 1.82) is 0 Å². The van der Waals surface area contributed by atoms with E-state index in [4.69, 9.17) is 9.47 Å². The van der Waals surface area contributed by atoms with Crippen LogP contribution in [-0.4, -0.2) is 31.4 Å². The number of ether oxygens (including phenoxy) is 2. The molecule has 0 aliphatic heterocycles. The monoisotopic (exact) mass is 355 g/mol. The number of methoxy groups -OCH3 is 1. The lowest BCUT2D eigenvalue weighted by molar-refractivity contribution is -0.147. The Kier molecular flexibility index (Phi) is 6.91. The first kappa shape index (κ1) is 19.2. The maximum absolute atomic E-state index is 11.9. The zero-order valence-corrected chi connectivity index (χ0v) is 14.8. The Balaban J connectivity index is 1.78. The molecule has 26 heavy (non-hydrogen) atoms. The smallest absolute Gasteiger partial charge is 0.306 e. The summed E-state index contributed by atoms with van der Waals surface area (Å²) >= 11 is 0. The predicted octanol–water partition coefficient (Wildman–Crippen LogP) is 3.01. The number of hydrogen-bond acceptors (Lipinski definition) is 5. The summed E-state index contributed by atoms with van der Waals surface area (Å²) in [6.45, 7) is 1.03. The van der Waals surface area contributed by atoms with Crippen molar-refractivity contribution in [2.24, 2.45) is 0 Å². The molecule has 0 fully saturated rings. The number of carbonyl (C=O) groups is 3. The van der Waals surface area contributed by atoms with Crippen LogP contribution in [0, 0.1) is 0 Å². The Morgan fingerprint density at radius 3 is 2.35 bits per heavy atom. The first-order valence-corrected chi connectivity index (χ1v) is 8.18. The number of nitrogens with one attached hydrogen (secondary N) is 1. The van der Waals surface area contributed by atoms with Crippen molar-refractivity contribution < 1.29 is 23.9 Å². The van der Waals surface area contributed by atoms with Crippen LogP contribution in [0.1, 0.15) is 29.3 Å². The van der Waals surface area contributed by atoms with Gasteiger partial charge in [0, 0.05) is 12.0 Å². The minimum absolute atomic E-state index is 0.155. The molecule has 0 saturated heterocycles. The van der Waals surface area contributed by atoms with E-state index >= 15 is 0 Å². The van der Waals surface area contributed by atoms with Crippen LogP contribution in [0.5, 0.6) is 5.75 Å².